The zero-order valence-electron chi connectivity index (χ0n) is 19.1. The Balaban J connectivity index is 1.73. The van der Waals surface area contributed by atoms with Gasteiger partial charge in [0.1, 0.15) is 11.2 Å². The molecule has 8 nitrogen and oxygen atoms in total. The van der Waals surface area contributed by atoms with Gasteiger partial charge in [-0.25, -0.2) is 9.78 Å². The number of anilines is 2. The number of hydrogen-bond acceptors (Lipinski definition) is 6. The molecule has 1 aliphatic rings. The average Bonchev–Trinajstić information content (AvgIpc) is 3.23. The molecule has 0 atom stereocenters. The van der Waals surface area contributed by atoms with Gasteiger partial charge in [-0.3, -0.25) is 18.7 Å². The minimum absolute atomic E-state index is 0.245. The van der Waals surface area contributed by atoms with E-state index >= 15 is 0 Å². The molecule has 1 aliphatic heterocycles. The SMILES string of the molecule is CCCn1c(=O)c2sc(N3CCC(C)CC3)nc2n(CC(=O)Nc2cc(Cl)ccc2C)c1=O. The van der Waals surface area contributed by atoms with E-state index in [-0.39, 0.29) is 30.2 Å². The molecular formula is C23H28ClN5O3S. The van der Waals surface area contributed by atoms with Crippen molar-refractivity contribution in [2.75, 3.05) is 23.3 Å². The Labute approximate surface area is 200 Å². The highest BCUT2D eigenvalue weighted by molar-refractivity contribution is 7.22. The first-order valence-corrected chi connectivity index (χ1v) is 12.4. The largest absolute Gasteiger partial charge is 0.348 e. The molecule has 0 aliphatic carbocycles. The van der Waals surface area contributed by atoms with Crippen LogP contribution in [0.25, 0.3) is 10.3 Å². The van der Waals surface area contributed by atoms with E-state index in [0.29, 0.717) is 27.7 Å². The summed E-state index contributed by atoms with van der Waals surface area (Å²) in [5, 5.41) is 4.06. The minimum atomic E-state index is -0.517. The zero-order valence-corrected chi connectivity index (χ0v) is 20.6. The van der Waals surface area contributed by atoms with Crippen molar-refractivity contribution in [1.82, 2.24) is 14.1 Å². The molecule has 1 amide bonds. The number of amides is 1. The lowest BCUT2D eigenvalue weighted by Crippen LogP contribution is -2.41. The van der Waals surface area contributed by atoms with Gasteiger partial charge in [-0.2, -0.15) is 0 Å². The van der Waals surface area contributed by atoms with E-state index in [4.69, 9.17) is 11.6 Å². The summed E-state index contributed by atoms with van der Waals surface area (Å²) in [6.07, 6.45) is 2.75. The smallest absolute Gasteiger partial charge is 0.333 e. The van der Waals surface area contributed by atoms with Crippen LogP contribution in [0.4, 0.5) is 10.8 Å². The van der Waals surface area contributed by atoms with E-state index < -0.39 is 5.69 Å². The molecule has 0 radical (unpaired) electrons. The second kappa shape index (κ2) is 9.69. The second-order valence-corrected chi connectivity index (χ2v) is 10.1. The monoisotopic (exact) mass is 489 g/mol. The van der Waals surface area contributed by atoms with E-state index in [2.05, 4.69) is 22.1 Å². The Bertz CT molecular complexity index is 1300. The van der Waals surface area contributed by atoms with Crippen molar-refractivity contribution in [3.8, 4) is 0 Å². The molecule has 3 aromatic rings. The topological polar surface area (TPSA) is 89.2 Å². The number of thiazole rings is 1. The van der Waals surface area contributed by atoms with Gasteiger partial charge in [-0.05, 0) is 49.8 Å². The van der Waals surface area contributed by atoms with Crippen LogP contribution in [0.3, 0.4) is 0 Å². The van der Waals surface area contributed by atoms with Gasteiger partial charge in [0, 0.05) is 30.3 Å². The molecule has 176 valence electrons. The Hall–Kier alpha value is -2.65. The van der Waals surface area contributed by atoms with Crippen LogP contribution in [-0.4, -0.2) is 33.1 Å². The van der Waals surface area contributed by atoms with Crippen LogP contribution in [0, 0.1) is 12.8 Å². The van der Waals surface area contributed by atoms with Crippen LogP contribution in [-0.2, 0) is 17.9 Å². The number of carbonyl (C=O) groups excluding carboxylic acids is 1. The van der Waals surface area contributed by atoms with Gasteiger partial charge < -0.3 is 10.2 Å². The van der Waals surface area contributed by atoms with Crippen LogP contribution in [0.2, 0.25) is 5.02 Å². The standard InChI is InChI=1S/C23H28ClN5O3S/c1-4-9-28-21(31)19-20(26-22(33-19)27-10-7-14(2)8-11-27)29(23(28)32)13-18(30)25-17-12-16(24)6-5-15(17)3/h5-6,12,14H,4,7-11,13H2,1-3H3,(H,25,30). The van der Waals surface area contributed by atoms with E-state index in [9.17, 15) is 14.4 Å². The van der Waals surface area contributed by atoms with Crippen molar-refractivity contribution < 1.29 is 4.79 Å². The fourth-order valence-corrected chi connectivity index (χ4v) is 5.27. The molecular weight excluding hydrogens is 462 g/mol. The second-order valence-electron chi connectivity index (χ2n) is 8.65. The molecule has 2 aromatic heterocycles. The molecule has 0 saturated carbocycles. The summed E-state index contributed by atoms with van der Waals surface area (Å²) in [5.74, 6) is 0.279. The van der Waals surface area contributed by atoms with Crippen molar-refractivity contribution in [3.05, 3.63) is 49.6 Å². The van der Waals surface area contributed by atoms with Gasteiger partial charge in [-0.15, -0.1) is 0 Å². The van der Waals surface area contributed by atoms with Crippen molar-refractivity contribution in [3.63, 3.8) is 0 Å². The van der Waals surface area contributed by atoms with Crippen molar-refractivity contribution in [2.45, 2.75) is 53.1 Å². The van der Waals surface area contributed by atoms with Gasteiger partial charge in [-0.1, -0.05) is 42.9 Å². The van der Waals surface area contributed by atoms with E-state index in [1.165, 1.54) is 20.5 Å². The summed E-state index contributed by atoms with van der Waals surface area (Å²) in [7, 11) is 0. The number of nitrogens with zero attached hydrogens (tertiary/aromatic N) is 4. The lowest BCUT2D eigenvalue weighted by atomic mass is 10.00. The first-order chi connectivity index (χ1) is 15.8. The molecule has 1 fully saturated rings. The number of fused-ring (bicyclic) bond motifs is 1. The highest BCUT2D eigenvalue weighted by Gasteiger charge is 2.24. The van der Waals surface area contributed by atoms with Crippen LogP contribution in [0.5, 0.6) is 0 Å². The third-order valence-electron chi connectivity index (χ3n) is 6.03. The third-order valence-corrected chi connectivity index (χ3v) is 7.36. The predicted molar refractivity (Wildman–Crippen MR) is 134 cm³/mol. The summed E-state index contributed by atoms with van der Waals surface area (Å²) in [4.78, 5) is 46.0. The van der Waals surface area contributed by atoms with Crippen LogP contribution in [0.1, 0.15) is 38.7 Å². The highest BCUT2D eigenvalue weighted by Crippen LogP contribution is 2.29. The first-order valence-electron chi connectivity index (χ1n) is 11.2. The summed E-state index contributed by atoms with van der Waals surface area (Å²) < 4.78 is 2.93. The molecule has 0 unspecified atom stereocenters. The number of benzene rings is 1. The quantitative estimate of drug-likeness (QED) is 0.567. The molecule has 3 heterocycles. The molecule has 33 heavy (non-hydrogen) atoms. The zero-order chi connectivity index (χ0) is 23.7. The number of halogens is 1. The average molecular weight is 490 g/mol. The van der Waals surface area contributed by atoms with E-state index in [1.807, 2.05) is 19.9 Å². The number of carbonyl (C=O) groups is 1. The minimum Gasteiger partial charge on any atom is -0.348 e. The summed E-state index contributed by atoms with van der Waals surface area (Å²) in [5.41, 5.74) is 0.857. The maximum Gasteiger partial charge on any atom is 0.333 e. The Morgan fingerprint density at radius 1 is 1.24 bits per heavy atom. The lowest BCUT2D eigenvalue weighted by molar-refractivity contribution is -0.116. The van der Waals surface area contributed by atoms with E-state index in [0.717, 1.165) is 36.6 Å². The normalized spacial score (nSPS) is 14.7. The maximum absolute atomic E-state index is 13.2. The van der Waals surface area contributed by atoms with Gasteiger partial charge >= 0.3 is 5.69 Å². The van der Waals surface area contributed by atoms with Crippen LogP contribution < -0.4 is 21.5 Å². The number of piperidine rings is 1. The van der Waals surface area contributed by atoms with Crippen molar-refractivity contribution >= 4 is 50.0 Å². The van der Waals surface area contributed by atoms with Gasteiger partial charge in [0.05, 0.1) is 0 Å². The summed E-state index contributed by atoms with van der Waals surface area (Å²) in [6.45, 7) is 7.78. The van der Waals surface area contributed by atoms with Crippen molar-refractivity contribution in [2.24, 2.45) is 5.92 Å². The highest BCUT2D eigenvalue weighted by atomic mass is 35.5. The maximum atomic E-state index is 13.2. The Kier molecular flexibility index (Phi) is 6.90. The predicted octanol–water partition coefficient (Wildman–Crippen LogP) is 3.87. The molecule has 10 heteroatoms. The molecule has 1 N–H and O–H groups in total. The third kappa shape index (κ3) is 4.84. The fourth-order valence-electron chi connectivity index (χ4n) is 4.03. The van der Waals surface area contributed by atoms with Crippen molar-refractivity contribution in [1.29, 1.82) is 0 Å². The molecule has 1 saturated heterocycles. The van der Waals surface area contributed by atoms with Crippen LogP contribution in [0.15, 0.2) is 27.8 Å². The molecule has 4 rings (SSSR count). The lowest BCUT2D eigenvalue weighted by Gasteiger charge is -2.29. The van der Waals surface area contributed by atoms with Crippen LogP contribution >= 0.6 is 22.9 Å². The Morgan fingerprint density at radius 2 is 1.97 bits per heavy atom. The number of aryl methyl sites for hydroxylation is 1. The molecule has 0 spiro atoms. The number of hydrogen-bond donors (Lipinski definition) is 1. The first kappa shape index (κ1) is 23.5. The fraction of sp³-hybridized carbons (Fsp3) is 0.478. The summed E-state index contributed by atoms with van der Waals surface area (Å²) in [6, 6.07) is 5.23. The molecule has 0 bridgehead atoms. The number of nitrogens with one attached hydrogen (secondary N) is 1. The van der Waals surface area contributed by atoms with Gasteiger partial charge in [0.15, 0.2) is 10.8 Å². The van der Waals surface area contributed by atoms with E-state index in [1.54, 1.807) is 12.1 Å². The number of aromatic nitrogens is 3. The Morgan fingerprint density at radius 3 is 2.67 bits per heavy atom. The van der Waals surface area contributed by atoms with Gasteiger partial charge in [0.2, 0.25) is 5.91 Å². The number of rotatable bonds is 6. The van der Waals surface area contributed by atoms with Gasteiger partial charge in [0.25, 0.3) is 5.56 Å². The summed E-state index contributed by atoms with van der Waals surface area (Å²) >= 11 is 7.37. The molecule has 1 aromatic carbocycles.